The fourth-order valence-electron chi connectivity index (χ4n) is 3.72. The van der Waals surface area contributed by atoms with E-state index in [4.69, 9.17) is 17.3 Å². The molecule has 1 aliphatic rings. The minimum Gasteiger partial charge on any atom is -0.393 e. The lowest BCUT2D eigenvalue weighted by Crippen LogP contribution is -2.20. The number of aliphatic hydroxyl groups excluding tert-OH is 3. The molecule has 1 radical (unpaired) electrons. The maximum atomic E-state index is 11.3. The van der Waals surface area contributed by atoms with E-state index >= 15 is 0 Å². The molecule has 1 aromatic rings. The first-order chi connectivity index (χ1) is 14.3. The van der Waals surface area contributed by atoms with Crippen molar-refractivity contribution in [1.82, 2.24) is 0 Å². The number of halogens is 1. The zero-order valence-electron chi connectivity index (χ0n) is 16.7. The summed E-state index contributed by atoms with van der Waals surface area (Å²) in [4.78, 5) is 22.7. The van der Waals surface area contributed by atoms with E-state index in [1.54, 1.807) is 18.2 Å². The van der Waals surface area contributed by atoms with Crippen molar-refractivity contribution in [2.24, 2.45) is 17.6 Å². The van der Waals surface area contributed by atoms with Crippen molar-refractivity contribution in [3.05, 3.63) is 45.1 Å². The molecule has 5 atom stereocenters. The molecule has 30 heavy (non-hydrogen) atoms. The number of thiophene rings is 1. The van der Waals surface area contributed by atoms with Gasteiger partial charge in [-0.1, -0.05) is 35.9 Å². The van der Waals surface area contributed by atoms with Gasteiger partial charge in [0.1, 0.15) is 4.88 Å². The maximum absolute atomic E-state index is 11.3. The molecule has 1 saturated carbocycles. The van der Waals surface area contributed by atoms with Gasteiger partial charge < -0.3 is 21.1 Å². The third-order valence-corrected chi connectivity index (χ3v) is 6.96. The van der Waals surface area contributed by atoms with Crippen LogP contribution >= 0.6 is 22.9 Å². The molecule has 165 valence electrons. The van der Waals surface area contributed by atoms with Crippen LogP contribution in [0.2, 0.25) is 5.02 Å². The third kappa shape index (κ3) is 7.32. The molecule has 8 heteroatoms. The number of aryl methyl sites for hydroxylation is 1. The molecule has 1 aliphatic carbocycles. The number of amides is 1. The number of carbonyl (C=O) groups is 1. The molecular weight excluding hydrogens is 426 g/mol. The Bertz CT molecular complexity index is 763. The molecule has 1 fully saturated rings. The molecule has 6 nitrogen and oxygen atoms in total. The van der Waals surface area contributed by atoms with E-state index in [1.165, 1.54) is 11.3 Å². The number of rotatable bonds is 12. The standard InChI is InChI=1S/C22H29ClNO5S/c23-18-12-15(30-21(18)22(24)29)9-7-14(26)8-10-17-16(19(27)13-20(17)28)6-4-2-1-3-5-11-25/h2,4,8,10,12,14,16-17,19-20,26-28H,1,3,5-7,9,13H2,(H2,24,29)/b4-2-,10-8+/t14-,16+,17+,19-,20+/m0/s1. The molecule has 0 spiro atoms. The van der Waals surface area contributed by atoms with E-state index in [2.05, 4.69) is 0 Å². The normalized spacial score (nSPS) is 25.3. The quantitative estimate of drug-likeness (QED) is 0.286. The van der Waals surface area contributed by atoms with E-state index in [-0.39, 0.29) is 11.8 Å². The SMILES string of the molecule is NC(=O)c1sc(CC[C@H](O)/C=C/[C@@H]2[C@@H](C/C=C\CCC[C]=O)[C@@H](O)C[C@H]2O)cc1Cl. The van der Waals surface area contributed by atoms with Gasteiger partial charge in [0.15, 0.2) is 6.29 Å². The average Bonchev–Trinajstić information content (AvgIpc) is 3.20. The van der Waals surface area contributed by atoms with Gasteiger partial charge in [-0.05, 0) is 44.1 Å². The van der Waals surface area contributed by atoms with Gasteiger partial charge in [-0.25, -0.2) is 0 Å². The molecule has 0 unspecified atom stereocenters. The van der Waals surface area contributed by atoms with Crippen molar-refractivity contribution in [2.75, 3.05) is 0 Å². The van der Waals surface area contributed by atoms with Gasteiger partial charge in [0.05, 0.1) is 23.3 Å². The van der Waals surface area contributed by atoms with Crippen LogP contribution in [0.3, 0.4) is 0 Å². The van der Waals surface area contributed by atoms with Crippen molar-refractivity contribution in [1.29, 1.82) is 0 Å². The minimum absolute atomic E-state index is 0.119. The summed E-state index contributed by atoms with van der Waals surface area (Å²) in [7, 11) is 0. The highest BCUT2D eigenvalue weighted by Gasteiger charge is 2.39. The summed E-state index contributed by atoms with van der Waals surface area (Å²) in [5.74, 6) is -0.917. The van der Waals surface area contributed by atoms with Crippen LogP contribution in [0.5, 0.6) is 0 Å². The molecule has 1 amide bonds. The highest BCUT2D eigenvalue weighted by molar-refractivity contribution is 7.14. The van der Waals surface area contributed by atoms with E-state index in [1.807, 2.05) is 18.4 Å². The molecule has 5 N–H and O–H groups in total. The van der Waals surface area contributed by atoms with Crippen LogP contribution in [-0.2, 0) is 11.2 Å². The van der Waals surface area contributed by atoms with E-state index in [9.17, 15) is 24.9 Å². The highest BCUT2D eigenvalue weighted by atomic mass is 35.5. The van der Waals surface area contributed by atoms with E-state index in [0.717, 1.165) is 17.7 Å². The van der Waals surface area contributed by atoms with Crippen molar-refractivity contribution in [3.63, 3.8) is 0 Å². The zero-order valence-corrected chi connectivity index (χ0v) is 18.3. The predicted molar refractivity (Wildman–Crippen MR) is 118 cm³/mol. The summed E-state index contributed by atoms with van der Waals surface area (Å²) >= 11 is 7.21. The number of hydrogen-bond donors (Lipinski definition) is 4. The monoisotopic (exact) mass is 454 g/mol. The second-order valence-electron chi connectivity index (χ2n) is 7.60. The molecule has 0 aliphatic heterocycles. The molecule has 1 aromatic heterocycles. The second-order valence-corrected chi connectivity index (χ2v) is 9.14. The van der Waals surface area contributed by atoms with Crippen molar-refractivity contribution < 1.29 is 24.9 Å². The smallest absolute Gasteiger partial charge is 0.260 e. The molecular formula is C22H29ClNO5S. The van der Waals surface area contributed by atoms with E-state index < -0.39 is 24.2 Å². The third-order valence-electron chi connectivity index (χ3n) is 5.34. The van der Waals surface area contributed by atoms with Crippen LogP contribution in [0.4, 0.5) is 0 Å². The lowest BCUT2D eigenvalue weighted by Gasteiger charge is -2.19. The van der Waals surface area contributed by atoms with Crippen LogP contribution in [0.1, 0.15) is 53.1 Å². The first kappa shape index (κ1) is 24.8. The van der Waals surface area contributed by atoms with Crippen molar-refractivity contribution in [3.8, 4) is 0 Å². The highest BCUT2D eigenvalue weighted by Crippen LogP contribution is 2.36. The lowest BCUT2D eigenvalue weighted by molar-refractivity contribution is 0.100. The van der Waals surface area contributed by atoms with Gasteiger partial charge in [-0.2, -0.15) is 0 Å². The number of allylic oxidation sites excluding steroid dienone is 2. The Morgan fingerprint density at radius 1 is 1.37 bits per heavy atom. The van der Waals surface area contributed by atoms with Gasteiger partial charge in [0.2, 0.25) is 0 Å². The summed E-state index contributed by atoms with van der Waals surface area (Å²) in [6, 6.07) is 1.69. The Labute approximate surface area is 186 Å². The topological polar surface area (TPSA) is 121 Å². The van der Waals surface area contributed by atoms with Crippen molar-refractivity contribution in [2.45, 2.75) is 63.3 Å². The fourth-order valence-corrected chi connectivity index (χ4v) is 5.04. The largest absolute Gasteiger partial charge is 0.393 e. The summed E-state index contributed by atoms with van der Waals surface area (Å²) < 4.78 is 0. The first-order valence-electron chi connectivity index (χ1n) is 10.1. The number of carbonyl (C=O) groups excluding carboxylic acids is 2. The predicted octanol–water partition coefficient (Wildman–Crippen LogP) is 2.93. The number of aliphatic hydroxyl groups is 3. The minimum atomic E-state index is -0.719. The molecule has 2 rings (SSSR count). The van der Waals surface area contributed by atoms with Crippen LogP contribution in [0.25, 0.3) is 0 Å². The average molecular weight is 455 g/mol. The molecule has 0 aromatic carbocycles. The molecule has 1 heterocycles. The number of primary amides is 1. The summed E-state index contributed by atoms with van der Waals surface area (Å²) in [6.45, 7) is 0. The van der Waals surface area contributed by atoms with Crippen LogP contribution in [0.15, 0.2) is 30.4 Å². The van der Waals surface area contributed by atoms with Gasteiger partial charge in [-0.15, -0.1) is 11.3 Å². The number of unbranched alkanes of at least 4 members (excludes halogenated alkanes) is 2. The Morgan fingerprint density at radius 2 is 2.13 bits per heavy atom. The van der Waals surface area contributed by atoms with Crippen LogP contribution in [0, 0.1) is 11.8 Å². The Morgan fingerprint density at radius 3 is 2.80 bits per heavy atom. The van der Waals surface area contributed by atoms with Crippen LogP contribution in [-0.4, -0.2) is 45.8 Å². The maximum Gasteiger partial charge on any atom is 0.260 e. The van der Waals surface area contributed by atoms with Crippen molar-refractivity contribution >= 4 is 35.1 Å². The lowest BCUT2D eigenvalue weighted by atomic mass is 9.89. The Kier molecular flexibility index (Phi) is 10.2. The first-order valence-corrected chi connectivity index (χ1v) is 11.3. The number of hydrogen-bond acceptors (Lipinski definition) is 6. The van der Waals surface area contributed by atoms with E-state index in [0.29, 0.717) is 42.0 Å². The fraction of sp³-hybridized carbons (Fsp3) is 0.545. The summed E-state index contributed by atoms with van der Waals surface area (Å²) in [5, 5.41) is 31.2. The van der Waals surface area contributed by atoms with Gasteiger partial charge in [0.25, 0.3) is 5.91 Å². The Balaban J connectivity index is 1.87. The second kappa shape index (κ2) is 12.4. The molecule has 0 bridgehead atoms. The van der Waals surface area contributed by atoms with Gasteiger partial charge >= 0.3 is 0 Å². The zero-order chi connectivity index (χ0) is 22.1. The Hall–Kier alpha value is -1.51. The van der Waals surface area contributed by atoms with Gasteiger partial charge in [-0.3, -0.25) is 9.59 Å². The molecule has 0 saturated heterocycles. The summed E-state index contributed by atoms with van der Waals surface area (Å²) in [5.41, 5.74) is 5.27. The summed E-state index contributed by atoms with van der Waals surface area (Å²) in [6.07, 6.45) is 11.2. The van der Waals surface area contributed by atoms with Crippen LogP contribution < -0.4 is 5.73 Å². The number of nitrogens with two attached hydrogens (primary N) is 1. The van der Waals surface area contributed by atoms with Gasteiger partial charge in [0, 0.05) is 23.6 Å².